The van der Waals surface area contributed by atoms with Crippen molar-refractivity contribution in [1.29, 1.82) is 0 Å². The first-order valence-electron chi connectivity index (χ1n) is 4.91. The van der Waals surface area contributed by atoms with Crippen molar-refractivity contribution in [3.63, 3.8) is 0 Å². The largest absolute Gasteiger partial charge is 0.462 e. The zero-order chi connectivity index (χ0) is 14.8. The smallest absolute Gasteiger partial charge is 0.417 e. The van der Waals surface area contributed by atoms with Crippen LogP contribution >= 0.6 is 15.9 Å². The fraction of sp³-hybridized carbons (Fsp3) is 0.400. The van der Waals surface area contributed by atoms with Crippen molar-refractivity contribution in [2.75, 3.05) is 6.61 Å². The predicted octanol–water partition coefficient (Wildman–Crippen LogP) is 3.98. The maximum atomic E-state index is 12.9. The Labute approximate surface area is 112 Å². The predicted molar refractivity (Wildman–Crippen MR) is 57.9 cm³/mol. The van der Waals surface area contributed by atoms with Gasteiger partial charge in [0.15, 0.2) is 0 Å². The second kappa shape index (κ2) is 5.81. The highest BCUT2D eigenvalue weighted by Crippen LogP contribution is 2.40. The Morgan fingerprint density at radius 1 is 1.47 bits per heavy atom. The molecule has 0 N–H and O–H groups in total. The summed E-state index contributed by atoms with van der Waals surface area (Å²) in [7, 11) is 0. The first kappa shape index (κ1) is 15.8. The molecule has 0 amide bonds. The number of alkyl halides is 5. The van der Waals surface area contributed by atoms with E-state index in [1.165, 1.54) is 6.92 Å². The molecule has 0 spiro atoms. The van der Waals surface area contributed by atoms with Gasteiger partial charge in [-0.25, -0.2) is 18.6 Å². The molecule has 0 aliphatic heterocycles. The number of aromatic nitrogens is 1. The zero-order valence-electron chi connectivity index (χ0n) is 9.39. The number of hydrogen-bond acceptors (Lipinski definition) is 3. The molecule has 3 nitrogen and oxygen atoms in total. The van der Waals surface area contributed by atoms with Crippen LogP contribution in [0.2, 0.25) is 0 Å². The summed E-state index contributed by atoms with van der Waals surface area (Å²) in [6.07, 6.45) is -8.16. The van der Waals surface area contributed by atoms with Gasteiger partial charge in [-0.15, -0.1) is 0 Å². The van der Waals surface area contributed by atoms with Gasteiger partial charge in [0.2, 0.25) is 0 Å². The molecule has 0 bridgehead atoms. The van der Waals surface area contributed by atoms with Crippen LogP contribution in [0.15, 0.2) is 10.8 Å². The molecule has 0 aliphatic rings. The van der Waals surface area contributed by atoms with Gasteiger partial charge in [0, 0.05) is 11.8 Å². The third-order valence-corrected chi connectivity index (χ3v) is 2.66. The number of pyridine rings is 1. The lowest BCUT2D eigenvalue weighted by molar-refractivity contribution is -0.140. The summed E-state index contributed by atoms with van der Waals surface area (Å²) in [5.74, 6) is -1.36. The van der Waals surface area contributed by atoms with Crippen molar-refractivity contribution in [2.45, 2.75) is 19.5 Å². The normalized spacial score (nSPS) is 11.8. The summed E-state index contributed by atoms with van der Waals surface area (Å²) in [6.45, 7) is 1.19. The minimum absolute atomic E-state index is 0.193. The SMILES string of the molecule is CCOC(=O)c1c(Br)ncc(C(F)F)c1C(F)(F)F. The van der Waals surface area contributed by atoms with Crippen LogP contribution < -0.4 is 0 Å². The number of carbonyl (C=O) groups excluding carboxylic acids is 1. The average Bonchev–Trinajstić information content (AvgIpc) is 2.26. The van der Waals surface area contributed by atoms with Crippen LogP contribution in [0.1, 0.15) is 34.8 Å². The monoisotopic (exact) mass is 347 g/mol. The molecule has 0 atom stereocenters. The highest BCUT2D eigenvalue weighted by atomic mass is 79.9. The standard InChI is InChI=1S/C10H7BrF5NO2/c1-2-19-9(18)5-6(10(14,15)16)4(8(12)13)3-17-7(5)11/h3,8H,2H2,1H3. The van der Waals surface area contributed by atoms with Crippen LogP contribution in [-0.4, -0.2) is 17.6 Å². The number of nitrogens with zero attached hydrogens (tertiary/aromatic N) is 1. The molecule has 0 radical (unpaired) electrons. The van der Waals surface area contributed by atoms with E-state index in [0.29, 0.717) is 6.20 Å². The molecule has 1 aromatic rings. The van der Waals surface area contributed by atoms with Crippen molar-refractivity contribution in [3.05, 3.63) is 27.5 Å². The van der Waals surface area contributed by atoms with E-state index in [4.69, 9.17) is 0 Å². The highest BCUT2D eigenvalue weighted by molar-refractivity contribution is 9.10. The van der Waals surface area contributed by atoms with E-state index in [1.807, 2.05) is 0 Å². The topological polar surface area (TPSA) is 39.2 Å². The Balaban J connectivity index is 3.59. The van der Waals surface area contributed by atoms with Gasteiger partial charge in [-0.2, -0.15) is 13.2 Å². The van der Waals surface area contributed by atoms with Crippen molar-refractivity contribution in [1.82, 2.24) is 4.98 Å². The van der Waals surface area contributed by atoms with Crippen molar-refractivity contribution >= 4 is 21.9 Å². The van der Waals surface area contributed by atoms with Crippen LogP contribution in [0.3, 0.4) is 0 Å². The molecule has 19 heavy (non-hydrogen) atoms. The fourth-order valence-electron chi connectivity index (χ4n) is 1.36. The molecule has 1 heterocycles. The Morgan fingerprint density at radius 2 is 2.05 bits per heavy atom. The van der Waals surface area contributed by atoms with E-state index >= 15 is 0 Å². The van der Waals surface area contributed by atoms with Crippen molar-refractivity contribution in [3.8, 4) is 0 Å². The van der Waals surface area contributed by atoms with Crippen LogP contribution in [0.5, 0.6) is 0 Å². The van der Waals surface area contributed by atoms with Gasteiger partial charge in [0.1, 0.15) is 10.2 Å². The van der Waals surface area contributed by atoms with Crippen LogP contribution in [-0.2, 0) is 10.9 Å². The van der Waals surface area contributed by atoms with Gasteiger partial charge < -0.3 is 4.74 Å². The molecule has 0 unspecified atom stereocenters. The number of esters is 1. The van der Waals surface area contributed by atoms with Crippen LogP contribution in [0.4, 0.5) is 22.0 Å². The number of halogens is 6. The Hall–Kier alpha value is -1.25. The number of hydrogen-bond donors (Lipinski definition) is 0. The Morgan fingerprint density at radius 3 is 2.47 bits per heavy atom. The van der Waals surface area contributed by atoms with E-state index in [2.05, 4.69) is 25.7 Å². The van der Waals surface area contributed by atoms with Gasteiger partial charge in [0.25, 0.3) is 6.43 Å². The minimum atomic E-state index is -5.13. The lowest BCUT2D eigenvalue weighted by atomic mass is 10.0. The molecular weight excluding hydrogens is 341 g/mol. The van der Waals surface area contributed by atoms with Gasteiger partial charge >= 0.3 is 12.1 Å². The summed E-state index contributed by atoms with van der Waals surface area (Å²) < 4.78 is 67.7. The molecule has 0 aromatic carbocycles. The second-order valence-corrected chi connectivity index (χ2v) is 4.02. The number of ether oxygens (including phenoxy) is 1. The molecule has 0 saturated carbocycles. The molecule has 1 aromatic heterocycles. The Bertz CT molecular complexity index is 490. The van der Waals surface area contributed by atoms with Gasteiger partial charge in [-0.3, -0.25) is 0 Å². The first-order valence-corrected chi connectivity index (χ1v) is 5.70. The van der Waals surface area contributed by atoms with Crippen molar-refractivity contribution in [2.24, 2.45) is 0 Å². The Kier molecular flexibility index (Phi) is 4.83. The highest BCUT2D eigenvalue weighted by Gasteiger charge is 2.42. The quantitative estimate of drug-likeness (QED) is 0.471. The minimum Gasteiger partial charge on any atom is -0.462 e. The maximum absolute atomic E-state index is 12.9. The summed E-state index contributed by atoms with van der Waals surface area (Å²) in [4.78, 5) is 14.8. The van der Waals surface area contributed by atoms with E-state index < -0.39 is 39.9 Å². The van der Waals surface area contributed by atoms with E-state index in [0.717, 1.165) is 0 Å². The van der Waals surface area contributed by atoms with Crippen molar-refractivity contribution < 1.29 is 31.5 Å². The number of rotatable bonds is 3. The van der Waals surface area contributed by atoms with E-state index in [1.54, 1.807) is 0 Å². The maximum Gasteiger partial charge on any atom is 0.417 e. The number of carbonyl (C=O) groups is 1. The third-order valence-electron chi connectivity index (χ3n) is 2.06. The first-order chi connectivity index (χ1) is 8.70. The lowest BCUT2D eigenvalue weighted by Crippen LogP contribution is -2.19. The van der Waals surface area contributed by atoms with Gasteiger partial charge in [0.05, 0.1) is 12.2 Å². The molecule has 0 saturated heterocycles. The van der Waals surface area contributed by atoms with Crippen LogP contribution in [0, 0.1) is 0 Å². The molecule has 0 fully saturated rings. The molecule has 1 rings (SSSR count). The summed E-state index contributed by atoms with van der Waals surface area (Å²) in [5.41, 5.74) is -4.14. The van der Waals surface area contributed by atoms with Gasteiger partial charge in [-0.05, 0) is 22.9 Å². The molecule has 9 heteroatoms. The fourth-order valence-corrected chi connectivity index (χ4v) is 1.83. The van der Waals surface area contributed by atoms with Crippen LogP contribution in [0.25, 0.3) is 0 Å². The summed E-state index contributed by atoms with van der Waals surface area (Å²) >= 11 is 2.64. The summed E-state index contributed by atoms with van der Waals surface area (Å²) in [6, 6.07) is 0. The second-order valence-electron chi connectivity index (χ2n) is 3.27. The third kappa shape index (κ3) is 3.40. The average molecular weight is 348 g/mol. The molecule has 0 aliphatic carbocycles. The lowest BCUT2D eigenvalue weighted by Gasteiger charge is -2.16. The summed E-state index contributed by atoms with van der Waals surface area (Å²) in [5, 5.41) is 0. The van der Waals surface area contributed by atoms with E-state index in [-0.39, 0.29) is 6.61 Å². The van der Waals surface area contributed by atoms with E-state index in [9.17, 15) is 26.7 Å². The molecule has 106 valence electrons. The van der Waals surface area contributed by atoms with Gasteiger partial charge in [-0.1, -0.05) is 0 Å². The zero-order valence-corrected chi connectivity index (χ0v) is 11.0. The molecular formula is C10H7BrF5NO2.